The fourth-order valence-electron chi connectivity index (χ4n) is 4.17. The molecular formula is C24H26ClN5O3. The zero-order valence-corrected chi connectivity index (χ0v) is 19.3. The molecule has 0 spiro atoms. The van der Waals surface area contributed by atoms with E-state index < -0.39 is 0 Å². The molecule has 1 N–H and O–H groups in total. The first kappa shape index (κ1) is 22.8. The van der Waals surface area contributed by atoms with Crippen molar-refractivity contribution in [2.75, 3.05) is 11.9 Å². The average Bonchev–Trinajstić information content (AvgIpc) is 3.33. The van der Waals surface area contributed by atoms with Crippen LogP contribution in [0.5, 0.6) is 5.75 Å². The predicted octanol–water partition coefficient (Wildman–Crippen LogP) is 4.34. The lowest BCUT2D eigenvalue weighted by atomic mass is 9.97. The van der Waals surface area contributed by atoms with Crippen LogP contribution in [-0.4, -0.2) is 50.2 Å². The minimum absolute atomic E-state index is 0.0156. The molecule has 4 rings (SSSR count). The Hall–Kier alpha value is -3.39. The maximum Gasteiger partial charge on any atom is 0.260 e. The lowest BCUT2D eigenvalue weighted by molar-refractivity contribution is -0.139. The largest absolute Gasteiger partial charge is 0.484 e. The van der Waals surface area contributed by atoms with Gasteiger partial charge >= 0.3 is 0 Å². The molecule has 0 bridgehead atoms. The second kappa shape index (κ2) is 10.0. The Labute approximate surface area is 197 Å². The standard InChI is InChI=1S/C24H26ClN5O3/c1-16-4-3-5-17(2)30(16)23(31)13-33-20-9-6-18(7-10-20)24(32)28-21-12-19(25)8-11-22(21)29-15-26-14-27-29/h6-12,14-17H,3-5,13H2,1-2H3,(H,28,32). The van der Waals surface area contributed by atoms with Crippen LogP contribution in [0.3, 0.4) is 0 Å². The fourth-order valence-corrected chi connectivity index (χ4v) is 4.34. The number of carbonyl (C=O) groups is 2. The van der Waals surface area contributed by atoms with Gasteiger partial charge in [0.25, 0.3) is 11.8 Å². The number of benzene rings is 2. The van der Waals surface area contributed by atoms with Crippen molar-refractivity contribution in [1.29, 1.82) is 0 Å². The Kier molecular flexibility index (Phi) is 6.93. The highest BCUT2D eigenvalue weighted by molar-refractivity contribution is 6.31. The number of hydrogen-bond donors (Lipinski definition) is 1. The molecule has 33 heavy (non-hydrogen) atoms. The number of carbonyl (C=O) groups excluding carboxylic acids is 2. The Bertz CT molecular complexity index is 1110. The minimum Gasteiger partial charge on any atom is -0.484 e. The summed E-state index contributed by atoms with van der Waals surface area (Å²) in [4.78, 5) is 31.3. The summed E-state index contributed by atoms with van der Waals surface area (Å²) < 4.78 is 7.24. The van der Waals surface area contributed by atoms with E-state index in [-0.39, 0.29) is 30.5 Å². The van der Waals surface area contributed by atoms with Crippen LogP contribution in [0.2, 0.25) is 5.02 Å². The molecule has 9 heteroatoms. The molecule has 8 nitrogen and oxygen atoms in total. The average molecular weight is 468 g/mol. The molecule has 0 saturated carbocycles. The monoisotopic (exact) mass is 467 g/mol. The Morgan fingerprint density at radius 3 is 2.52 bits per heavy atom. The Morgan fingerprint density at radius 1 is 1.12 bits per heavy atom. The molecule has 2 unspecified atom stereocenters. The zero-order chi connectivity index (χ0) is 23.4. The van der Waals surface area contributed by atoms with Crippen molar-refractivity contribution >= 4 is 29.1 Å². The molecule has 0 aliphatic carbocycles. The minimum atomic E-state index is -0.308. The molecule has 2 amide bonds. The van der Waals surface area contributed by atoms with Crippen LogP contribution < -0.4 is 10.1 Å². The van der Waals surface area contributed by atoms with Gasteiger partial charge in [0.2, 0.25) is 0 Å². The van der Waals surface area contributed by atoms with E-state index in [9.17, 15) is 9.59 Å². The summed E-state index contributed by atoms with van der Waals surface area (Å²) in [7, 11) is 0. The lowest BCUT2D eigenvalue weighted by Gasteiger charge is -2.38. The number of likely N-dealkylation sites (tertiary alicyclic amines) is 1. The number of halogens is 1. The Balaban J connectivity index is 1.39. The highest BCUT2D eigenvalue weighted by Gasteiger charge is 2.29. The summed E-state index contributed by atoms with van der Waals surface area (Å²) in [6.07, 6.45) is 6.14. The Morgan fingerprint density at radius 2 is 1.85 bits per heavy atom. The van der Waals surface area contributed by atoms with Crippen molar-refractivity contribution < 1.29 is 14.3 Å². The van der Waals surface area contributed by atoms with Crippen LogP contribution >= 0.6 is 11.6 Å². The van der Waals surface area contributed by atoms with Gasteiger partial charge < -0.3 is 15.0 Å². The first-order chi connectivity index (χ1) is 15.9. The van der Waals surface area contributed by atoms with Crippen molar-refractivity contribution in [3.05, 3.63) is 65.7 Å². The maximum absolute atomic E-state index is 12.8. The third-order valence-electron chi connectivity index (χ3n) is 5.83. The number of nitrogens with zero attached hydrogens (tertiary/aromatic N) is 4. The molecule has 1 aliphatic rings. The number of aromatic nitrogens is 3. The smallest absolute Gasteiger partial charge is 0.260 e. The predicted molar refractivity (Wildman–Crippen MR) is 126 cm³/mol. The van der Waals surface area contributed by atoms with Crippen LogP contribution in [0, 0.1) is 0 Å². The highest BCUT2D eigenvalue weighted by atomic mass is 35.5. The number of amides is 2. The van der Waals surface area contributed by atoms with Crippen LogP contribution in [0.1, 0.15) is 43.5 Å². The van der Waals surface area contributed by atoms with Gasteiger partial charge in [-0.1, -0.05) is 11.6 Å². The summed E-state index contributed by atoms with van der Waals surface area (Å²) in [5.41, 5.74) is 1.59. The molecule has 2 aromatic carbocycles. The summed E-state index contributed by atoms with van der Waals surface area (Å²) in [6, 6.07) is 12.2. The van der Waals surface area contributed by atoms with Gasteiger partial charge in [0.05, 0.1) is 11.4 Å². The molecule has 0 radical (unpaired) electrons. The third-order valence-corrected chi connectivity index (χ3v) is 6.07. The second-order valence-electron chi connectivity index (χ2n) is 8.20. The molecule has 3 aromatic rings. The van der Waals surface area contributed by atoms with Crippen LogP contribution in [0.25, 0.3) is 5.69 Å². The van der Waals surface area contributed by atoms with E-state index in [4.69, 9.17) is 16.3 Å². The van der Waals surface area contributed by atoms with Gasteiger partial charge in [0, 0.05) is 22.7 Å². The van der Waals surface area contributed by atoms with Crippen LogP contribution in [-0.2, 0) is 4.79 Å². The van der Waals surface area contributed by atoms with Crippen LogP contribution in [0.4, 0.5) is 5.69 Å². The topological polar surface area (TPSA) is 89.4 Å². The van der Waals surface area contributed by atoms with Gasteiger partial charge in [-0.2, -0.15) is 5.10 Å². The lowest BCUT2D eigenvalue weighted by Crippen LogP contribution is -2.49. The molecular weight excluding hydrogens is 442 g/mol. The maximum atomic E-state index is 12.8. The first-order valence-corrected chi connectivity index (χ1v) is 11.3. The summed E-state index contributed by atoms with van der Waals surface area (Å²) in [6.45, 7) is 4.13. The van der Waals surface area contributed by atoms with E-state index in [0.717, 1.165) is 19.3 Å². The second-order valence-corrected chi connectivity index (χ2v) is 8.64. The fraction of sp³-hybridized carbons (Fsp3) is 0.333. The van der Waals surface area contributed by atoms with Crippen molar-refractivity contribution in [1.82, 2.24) is 19.7 Å². The molecule has 2 atom stereocenters. The van der Waals surface area contributed by atoms with Gasteiger partial charge in [0.1, 0.15) is 18.4 Å². The normalized spacial score (nSPS) is 18.1. The summed E-state index contributed by atoms with van der Waals surface area (Å²) in [5.74, 6) is 0.207. The number of rotatable bonds is 6. The van der Waals surface area contributed by atoms with Crippen molar-refractivity contribution in [2.24, 2.45) is 0 Å². The quantitative estimate of drug-likeness (QED) is 0.582. The molecule has 2 heterocycles. The summed E-state index contributed by atoms with van der Waals surface area (Å²) >= 11 is 6.12. The number of hydrogen-bond acceptors (Lipinski definition) is 5. The van der Waals surface area contributed by atoms with E-state index in [1.165, 1.54) is 12.7 Å². The van der Waals surface area contributed by atoms with Gasteiger partial charge in [0.15, 0.2) is 6.61 Å². The first-order valence-electron chi connectivity index (χ1n) is 10.9. The molecule has 1 aromatic heterocycles. The van der Waals surface area contributed by atoms with Gasteiger partial charge in [-0.3, -0.25) is 9.59 Å². The zero-order valence-electron chi connectivity index (χ0n) is 18.6. The molecule has 1 saturated heterocycles. The molecule has 1 fully saturated rings. The number of nitrogens with one attached hydrogen (secondary N) is 1. The molecule has 172 valence electrons. The number of anilines is 1. The SMILES string of the molecule is CC1CCCC(C)N1C(=O)COc1ccc(C(=O)Nc2cc(Cl)ccc2-n2cncn2)cc1. The van der Waals surface area contributed by atoms with Gasteiger partial charge in [-0.25, -0.2) is 9.67 Å². The van der Waals surface area contributed by atoms with Crippen molar-refractivity contribution in [2.45, 2.75) is 45.2 Å². The van der Waals surface area contributed by atoms with E-state index in [2.05, 4.69) is 29.2 Å². The van der Waals surface area contributed by atoms with Crippen LogP contribution in [0.15, 0.2) is 55.1 Å². The third kappa shape index (κ3) is 5.34. The van der Waals surface area contributed by atoms with Gasteiger partial charge in [-0.15, -0.1) is 0 Å². The van der Waals surface area contributed by atoms with E-state index in [1.54, 1.807) is 47.1 Å². The number of ether oxygens (including phenoxy) is 1. The van der Waals surface area contributed by atoms with E-state index in [0.29, 0.717) is 27.7 Å². The molecule has 1 aliphatic heterocycles. The highest BCUT2D eigenvalue weighted by Crippen LogP contribution is 2.25. The van der Waals surface area contributed by atoms with E-state index in [1.807, 2.05) is 4.90 Å². The van der Waals surface area contributed by atoms with Gasteiger partial charge in [-0.05, 0) is 75.6 Å². The van der Waals surface area contributed by atoms with Crippen molar-refractivity contribution in [3.63, 3.8) is 0 Å². The van der Waals surface area contributed by atoms with Crippen molar-refractivity contribution in [3.8, 4) is 11.4 Å². The summed E-state index contributed by atoms with van der Waals surface area (Å²) in [5, 5.41) is 7.46. The number of piperidine rings is 1. The van der Waals surface area contributed by atoms with E-state index >= 15 is 0 Å².